The number of carbonyl (C=O) groups is 1. The van der Waals surface area contributed by atoms with E-state index in [1.807, 2.05) is 5.38 Å². The first-order valence-electron chi connectivity index (χ1n) is 7.43. The van der Waals surface area contributed by atoms with E-state index in [0.717, 1.165) is 47.8 Å². The van der Waals surface area contributed by atoms with Gasteiger partial charge in [-0.1, -0.05) is 24.3 Å². The van der Waals surface area contributed by atoms with Gasteiger partial charge in [-0.15, -0.1) is 11.3 Å². The Morgan fingerprint density at radius 2 is 2.00 bits per heavy atom. The summed E-state index contributed by atoms with van der Waals surface area (Å²) >= 11 is 5.03. The van der Waals surface area contributed by atoms with Crippen molar-refractivity contribution in [1.82, 2.24) is 4.90 Å². The van der Waals surface area contributed by atoms with Crippen LogP contribution in [0.5, 0.6) is 0 Å². The predicted molar refractivity (Wildman–Crippen MR) is 94.9 cm³/mol. The molecule has 1 aliphatic rings. The Hall–Kier alpha value is -1.21. The van der Waals surface area contributed by atoms with Crippen molar-refractivity contribution in [2.45, 2.75) is 6.54 Å². The highest BCUT2D eigenvalue weighted by atomic mass is 79.9. The minimum atomic E-state index is -0.306. The highest BCUT2D eigenvalue weighted by Crippen LogP contribution is 2.37. The molecule has 0 aliphatic carbocycles. The maximum atomic E-state index is 11.9. The molecule has 23 heavy (non-hydrogen) atoms. The maximum absolute atomic E-state index is 11.9. The van der Waals surface area contributed by atoms with Crippen molar-refractivity contribution >= 4 is 33.2 Å². The fourth-order valence-corrected chi connectivity index (χ4v) is 4.16. The molecule has 0 bridgehead atoms. The van der Waals surface area contributed by atoms with E-state index < -0.39 is 0 Å². The van der Waals surface area contributed by atoms with Crippen LogP contribution in [0.4, 0.5) is 0 Å². The maximum Gasteiger partial charge on any atom is 0.339 e. The number of hydrogen-bond acceptors (Lipinski definition) is 5. The van der Waals surface area contributed by atoms with Crippen LogP contribution in [0.25, 0.3) is 11.1 Å². The molecule has 1 aliphatic heterocycles. The molecule has 122 valence electrons. The van der Waals surface area contributed by atoms with Crippen LogP contribution >= 0.6 is 27.3 Å². The number of methoxy groups -OCH3 is 1. The van der Waals surface area contributed by atoms with Gasteiger partial charge in [0.2, 0.25) is 0 Å². The van der Waals surface area contributed by atoms with Crippen LogP contribution in [0.1, 0.15) is 15.9 Å². The lowest BCUT2D eigenvalue weighted by Crippen LogP contribution is -2.35. The van der Waals surface area contributed by atoms with E-state index in [-0.39, 0.29) is 5.97 Å². The van der Waals surface area contributed by atoms with Crippen LogP contribution in [-0.2, 0) is 16.0 Å². The van der Waals surface area contributed by atoms with Gasteiger partial charge < -0.3 is 9.47 Å². The van der Waals surface area contributed by atoms with Crippen LogP contribution in [0, 0.1) is 0 Å². The van der Waals surface area contributed by atoms with Gasteiger partial charge in [0.25, 0.3) is 0 Å². The molecule has 0 N–H and O–H groups in total. The third kappa shape index (κ3) is 3.83. The molecule has 1 fully saturated rings. The third-order valence-electron chi connectivity index (χ3n) is 3.90. The fourth-order valence-electron chi connectivity index (χ4n) is 2.66. The van der Waals surface area contributed by atoms with E-state index in [1.165, 1.54) is 24.0 Å². The molecule has 0 unspecified atom stereocenters. The molecule has 6 heteroatoms. The van der Waals surface area contributed by atoms with Crippen molar-refractivity contribution in [3.8, 4) is 11.1 Å². The summed E-state index contributed by atoms with van der Waals surface area (Å²) in [5.41, 5.74) is 3.79. The van der Waals surface area contributed by atoms with Gasteiger partial charge in [0.1, 0.15) is 0 Å². The fraction of sp³-hybridized carbons (Fsp3) is 0.353. The summed E-state index contributed by atoms with van der Waals surface area (Å²) < 4.78 is 11.2. The van der Waals surface area contributed by atoms with Crippen LogP contribution in [0.2, 0.25) is 0 Å². The lowest BCUT2D eigenvalue weighted by atomic mass is 10.0. The highest BCUT2D eigenvalue weighted by molar-refractivity contribution is 9.11. The first-order valence-corrected chi connectivity index (χ1v) is 9.11. The Morgan fingerprint density at radius 1 is 1.30 bits per heavy atom. The zero-order valence-electron chi connectivity index (χ0n) is 12.9. The van der Waals surface area contributed by atoms with Gasteiger partial charge in [-0.2, -0.15) is 0 Å². The Labute approximate surface area is 148 Å². The smallest absolute Gasteiger partial charge is 0.339 e. The van der Waals surface area contributed by atoms with E-state index in [9.17, 15) is 4.79 Å². The largest absolute Gasteiger partial charge is 0.465 e. The molecule has 0 radical (unpaired) electrons. The summed E-state index contributed by atoms with van der Waals surface area (Å²) in [7, 11) is 1.41. The Balaban J connectivity index is 1.79. The van der Waals surface area contributed by atoms with E-state index in [2.05, 4.69) is 45.1 Å². The van der Waals surface area contributed by atoms with Gasteiger partial charge in [-0.25, -0.2) is 4.79 Å². The normalized spacial score (nSPS) is 15.6. The third-order valence-corrected chi connectivity index (χ3v) is 5.63. The minimum Gasteiger partial charge on any atom is -0.465 e. The molecule has 4 nitrogen and oxygen atoms in total. The van der Waals surface area contributed by atoms with Crippen LogP contribution in [0.15, 0.2) is 33.4 Å². The van der Waals surface area contributed by atoms with Crippen molar-refractivity contribution in [2.24, 2.45) is 0 Å². The number of esters is 1. The summed E-state index contributed by atoms with van der Waals surface area (Å²) in [5, 5.41) is 1.83. The molecule has 1 saturated heterocycles. The topological polar surface area (TPSA) is 38.8 Å². The van der Waals surface area contributed by atoms with E-state index in [0.29, 0.717) is 5.56 Å². The van der Waals surface area contributed by atoms with Crippen molar-refractivity contribution in [1.29, 1.82) is 0 Å². The number of morpholine rings is 1. The van der Waals surface area contributed by atoms with Crippen LogP contribution in [-0.4, -0.2) is 44.3 Å². The number of nitrogens with zero attached hydrogens (tertiary/aromatic N) is 1. The van der Waals surface area contributed by atoms with E-state index in [1.54, 1.807) is 0 Å². The monoisotopic (exact) mass is 395 g/mol. The van der Waals surface area contributed by atoms with E-state index in [4.69, 9.17) is 9.47 Å². The van der Waals surface area contributed by atoms with Crippen molar-refractivity contribution < 1.29 is 14.3 Å². The molecule has 0 saturated carbocycles. The molecule has 1 aromatic heterocycles. The second kappa shape index (κ2) is 7.57. The number of rotatable bonds is 4. The van der Waals surface area contributed by atoms with Crippen LogP contribution in [0.3, 0.4) is 0 Å². The number of hydrogen-bond donors (Lipinski definition) is 0. The van der Waals surface area contributed by atoms with Gasteiger partial charge in [-0.05, 0) is 27.1 Å². The number of carbonyl (C=O) groups excluding carboxylic acids is 1. The number of halogens is 1. The quantitative estimate of drug-likeness (QED) is 0.738. The standard InChI is InChI=1S/C17H18BrNO3S/c1-21-17(20)14-11-23-16(18)15(14)13-4-2-12(3-5-13)10-19-6-8-22-9-7-19/h2-5,11H,6-10H2,1H3. The molecule has 1 aromatic carbocycles. The summed E-state index contributed by atoms with van der Waals surface area (Å²) in [4.78, 5) is 14.3. The number of thiophene rings is 1. The average molecular weight is 396 g/mol. The van der Waals surface area contributed by atoms with Gasteiger partial charge in [-0.3, -0.25) is 4.90 Å². The van der Waals surface area contributed by atoms with Gasteiger partial charge in [0.15, 0.2) is 0 Å². The number of ether oxygens (including phenoxy) is 2. The summed E-state index contributed by atoms with van der Waals surface area (Å²) in [6.07, 6.45) is 0. The molecule has 0 atom stereocenters. The van der Waals surface area contributed by atoms with Crippen molar-refractivity contribution in [2.75, 3.05) is 33.4 Å². The van der Waals surface area contributed by atoms with E-state index >= 15 is 0 Å². The molecule has 0 amide bonds. The summed E-state index contributed by atoms with van der Waals surface area (Å²) in [6.45, 7) is 4.50. The van der Waals surface area contributed by atoms with Crippen molar-refractivity contribution in [3.63, 3.8) is 0 Å². The first kappa shape index (κ1) is 16.6. The predicted octanol–water partition coefficient (Wildman–Crippen LogP) is 3.80. The lowest BCUT2D eigenvalue weighted by molar-refractivity contribution is 0.0342. The molecular formula is C17H18BrNO3S. The zero-order valence-corrected chi connectivity index (χ0v) is 15.3. The Kier molecular flexibility index (Phi) is 5.48. The molecule has 0 spiro atoms. The van der Waals surface area contributed by atoms with Gasteiger partial charge in [0, 0.05) is 30.6 Å². The van der Waals surface area contributed by atoms with Gasteiger partial charge >= 0.3 is 5.97 Å². The molecule has 3 rings (SSSR count). The molecular weight excluding hydrogens is 378 g/mol. The Morgan fingerprint density at radius 3 is 2.65 bits per heavy atom. The zero-order chi connectivity index (χ0) is 16.2. The highest BCUT2D eigenvalue weighted by Gasteiger charge is 2.18. The van der Waals surface area contributed by atoms with Crippen molar-refractivity contribution in [3.05, 3.63) is 44.6 Å². The van der Waals surface area contributed by atoms with Crippen LogP contribution < -0.4 is 0 Å². The lowest BCUT2D eigenvalue weighted by Gasteiger charge is -2.26. The second-order valence-electron chi connectivity index (χ2n) is 5.38. The SMILES string of the molecule is COC(=O)c1csc(Br)c1-c1ccc(CN2CCOCC2)cc1. The molecule has 2 heterocycles. The Bertz CT molecular complexity index is 678. The minimum absolute atomic E-state index is 0.306. The number of benzene rings is 1. The summed E-state index contributed by atoms with van der Waals surface area (Å²) in [6, 6.07) is 8.37. The van der Waals surface area contributed by atoms with Gasteiger partial charge in [0.05, 0.1) is 29.7 Å². The summed E-state index contributed by atoms with van der Waals surface area (Å²) in [5.74, 6) is -0.306. The average Bonchev–Trinajstić information content (AvgIpc) is 2.97. The first-order chi connectivity index (χ1) is 11.2. The molecule has 2 aromatic rings. The second-order valence-corrected chi connectivity index (χ2v) is 7.57.